The molecule has 1 saturated carbocycles. The summed E-state index contributed by atoms with van der Waals surface area (Å²) in [4.78, 5) is 15.0. The molecule has 3 nitrogen and oxygen atoms in total. The van der Waals surface area contributed by atoms with E-state index in [4.69, 9.17) is 18.0 Å². The summed E-state index contributed by atoms with van der Waals surface area (Å²) in [5, 5.41) is 0. The molecule has 1 aromatic carbocycles. The van der Waals surface area contributed by atoms with E-state index in [1.54, 1.807) is 4.90 Å². The number of rotatable bonds is 4. The predicted molar refractivity (Wildman–Crippen MR) is 90.0 cm³/mol. The third-order valence-electron chi connectivity index (χ3n) is 4.48. The second-order valence-corrected chi connectivity index (χ2v) is 6.59. The van der Waals surface area contributed by atoms with Crippen LogP contribution in [0.15, 0.2) is 24.3 Å². The second-order valence-electron chi connectivity index (χ2n) is 6.15. The van der Waals surface area contributed by atoms with E-state index in [1.807, 2.05) is 7.05 Å². The quantitative estimate of drug-likeness (QED) is 0.869. The summed E-state index contributed by atoms with van der Waals surface area (Å²) >= 11 is 5.24. The van der Waals surface area contributed by atoms with E-state index in [1.165, 1.54) is 12.0 Å². The monoisotopic (exact) mass is 304 g/mol. The molecule has 1 aliphatic rings. The van der Waals surface area contributed by atoms with Crippen LogP contribution in [0, 0.1) is 12.3 Å². The van der Waals surface area contributed by atoms with Crippen LogP contribution in [0.3, 0.4) is 0 Å². The molecule has 0 saturated heterocycles. The van der Waals surface area contributed by atoms with E-state index < -0.39 is 5.41 Å². The fraction of sp³-hybridized carbons (Fsp3) is 0.529. The molecule has 0 aromatic heterocycles. The molecule has 1 fully saturated rings. The van der Waals surface area contributed by atoms with Crippen molar-refractivity contribution in [1.29, 1.82) is 0 Å². The van der Waals surface area contributed by atoms with E-state index >= 15 is 0 Å². The molecule has 0 radical (unpaired) electrons. The molecule has 114 valence electrons. The number of hydrogen-bond acceptors (Lipinski definition) is 2. The van der Waals surface area contributed by atoms with Crippen LogP contribution < -0.4 is 5.73 Å². The van der Waals surface area contributed by atoms with Crippen LogP contribution in [0.5, 0.6) is 0 Å². The molecule has 2 rings (SSSR count). The Kier molecular flexibility index (Phi) is 4.99. The van der Waals surface area contributed by atoms with Gasteiger partial charge >= 0.3 is 0 Å². The lowest BCUT2D eigenvalue weighted by atomic mass is 9.73. The third-order valence-corrected chi connectivity index (χ3v) is 4.87. The second kappa shape index (κ2) is 6.56. The van der Waals surface area contributed by atoms with Crippen LogP contribution in [0.1, 0.15) is 43.2 Å². The maximum Gasteiger partial charge on any atom is 0.235 e. The highest BCUT2D eigenvalue weighted by Gasteiger charge is 2.43. The van der Waals surface area contributed by atoms with Gasteiger partial charge in [0.1, 0.15) is 0 Å². The minimum Gasteiger partial charge on any atom is -0.392 e. The van der Waals surface area contributed by atoms with Crippen molar-refractivity contribution in [3.63, 3.8) is 0 Å². The summed E-state index contributed by atoms with van der Waals surface area (Å²) in [5.74, 6) is 0.0790. The lowest BCUT2D eigenvalue weighted by molar-refractivity contribution is -0.138. The molecule has 0 unspecified atom stereocenters. The first kappa shape index (κ1) is 16.0. The fourth-order valence-electron chi connectivity index (χ4n) is 3.13. The maximum absolute atomic E-state index is 12.9. The van der Waals surface area contributed by atoms with Crippen molar-refractivity contribution in [3.8, 4) is 0 Å². The minimum atomic E-state index is -0.618. The summed E-state index contributed by atoms with van der Waals surface area (Å²) in [6.45, 7) is 2.66. The summed E-state index contributed by atoms with van der Waals surface area (Å²) in [5.41, 5.74) is 7.67. The Morgan fingerprint density at radius 1 is 1.24 bits per heavy atom. The normalized spacial score (nSPS) is 17.2. The Bertz CT molecular complexity index is 518. The van der Waals surface area contributed by atoms with Gasteiger partial charge in [-0.3, -0.25) is 4.79 Å². The minimum absolute atomic E-state index is 0.0790. The van der Waals surface area contributed by atoms with Crippen molar-refractivity contribution in [2.24, 2.45) is 11.1 Å². The fourth-order valence-corrected chi connectivity index (χ4v) is 3.42. The molecule has 1 aliphatic carbocycles. The van der Waals surface area contributed by atoms with Gasteiger partial charge in [0.2, 0.25) is 5.91 Å². The first-order valence-electron chi connectivity index (χ1n) is 7.57. The number of thiocarbonyl (C=S) groups is 1. The van der Waals surface area contributed by atoms with Crippen molar-refractivity contribution in [3.05, 3.63) is 35.4 Å². The number of nitrogens with zero attached hydrogens (tertiary/aromatic N) is 1. The lowest BCUT2D eigenvalue weighted by Gasteiger charge is -2.37. The van der Waals surface area contributed by atoms with Gasteiger partial charge < -0.3 is 10.6 Å². The third kappa shape index (κ3) is 3.43. The van der Waals surface area contributed by atoms with Gasteiger partial charge in [-0.05, 0) is 25.3 Å². The first-order chi connectivity index (χ1) is 9.95. The van der Waals surface area contributed by atoms with Gasteiger partial charge in [-0.2, -0.15) is 0 Å². The average Bonchev–Trinajstić information content (AvgIpc) is 2.49. The van der Waals surface area contributed by atoms with Crippen LogP contribution in [0.4, 0.5) is 0 Å². The Morgan fingerprint density at radius 3 is 2.33 bits per heavy atom. The molecule has 21 heavy (non-hydrogen) atoms. The zero-order valence-corrected chi connectivity index (χ0v) is 13.7. The Balaban J connectivity index is 2.13. The Morgan fingerprint density at radius 2 is 1.81 bits per heavy atom. The molecule has 0 heterocycles. The van der Waals surface area contributed by atoms with Crippen LogP contribution in [0.2, 0.25) is 0 Å². The number of hydrogen-bond donors (Lipinski definition) is 1. The van der Waals surface area contributed by atoms with Crippen LogP contribution in [-0.4, -0.2) is 22.8 Å². The highest BCUT2D eigenvalue weighted by Crippen LogP contribution is 2.38. The number of carbonyl (C=O) groups is 1. The molecule has 0 spiro atoms. The van der Waals surface area contributed by atoms with Crippen molar-refractivity contribution in [2.75, 3.05) is 7.05 Å². The van der Waals surface area contributed by atoms with Gasteiger partial charge in [-0.15, -0.1) is 0 Å². The smallest absolute Gasteiger partial charge is 0.235 e. The van der Waals surface area contributed by atoms with E-state index in [0.717, 1.165) is 31.2 Å². The number of amides is 1. The van der Waals surface area contributed by atoms with Gasteiger partial charge in [-0.1, -0.05) is 61.3 Å². The summed E-state index contributed by atoms with van der Waals surface area (Å²) in [6, 6.07) is 8.26. The first-order valence-corrected chi connectivity index (χ1v) is 7.97. The zero-order chi connectivity index (χ0) is 15.5. The number of benzene rings is 1. The summed E-state index contributed by atoms with van der Waals surface area (Å²) in [7, 11) is 1.84. The molecule has 0 bridgehead atoms. The van der Waals surface area contributed by atoms with E-state index in [9.17, 15) is 4.79 Å². The van der Waals surface area contributed by atoms with Crippen molar-refractivity contribution >= 4 is 23.1 Å². The highest BCUT2D eigenvalue weighted by atomic mass is 32.1. The van der Waals surface area contributed by atoms with Gasteiger partial charge in [0, 0.05) is 13.6 Å². The summed E-state index contributed by atoms with van der Waals surface area (Å²) < 4.78 is 0. The topological polar surface area (TPSA) is 46.3 Å². The molecular formula is C17H24N2OS. The molecular weight excluding hydrogens is 280 g/mol. The molecule has 4 heteroatoms. The Hall–Kier alpha value is -1.42. The highest BCUT2D eigenvalue weighted by molar-refractivity contribution is 7.80. The largest absolute Gasteiger partial charge is 0.392 e. The van der Waals surface area contributed by atoms with E-state index in [-0.39, 0.29) is 5.91 Å². The standard InChI is InChI=1S/C17H24N2OS/c1-13-6-8-14(9-7-13)12-19(2)16(20)17(15(18)21)10-4-3-5-11-17/h6-9H,3-5,10-12H2,1-2H3,(H2,18,21). The van der Waals surface area contributed by atoms with E-state index in [0.29, 0.717) is 11.5 Å². The Labute approximate surface area is 132 Å². The van der Waals surface area contributed by atoms with Gasteiger partial charge in [0.25, 0.3) is 0 Å². The number of nitrogens with two attached hydrogens (primary N) is 1. The van der Waals surface area contributed by atoms with Crippen molar-refractivity contribution in [1.82, 2.24) is 4.90 Å². The van der Waals surface area contributed by atoms with Crippen LogP contribution >= 0.6 is 12.2 Å². The SMILES string of the molecule is Cc1ccc(CN(C)C(=O)C2(C(N)=S)CCCCC2)cc1. The average molecular weight is 304 g/mol. The molecule has 1 aromatic rings. The van der Waals surface area contributed by atoms with Gasteiger partial charge in [0.05, 0.1) is 10.4 Å². The van der Waals surface area contributed by atoms with Gasteiger partial charge in [0.15, 0.2) is 0 Å². The molecule has 2 N–H and O–H groups in total. The van der Waals surface area contributed by atoms with E-state index in [2.05, 4.69) is 31.2 Å². The van der Waals surface area contributed by atoms with Crippen LogP contribution in [-0.2, 0) is 11.3 Å². The van der Waals surface area contributed by atoms with Crippen molar-refractivity contribution in [2.45, 2.75) is 45.6 Å². The van der Waals surface area contributed by atoms with Crippen LogP contribution in [0.25, 0.3) is 0 Å². The predicted octanol–water partition coefficient (Wildman–Crippen LogP) is 3.19. The van der Waals surface area contributed by atoms with Gasteiger partial charge in [-0.25, -0.2) is 0 Å². The number of carbonyl (C=O) groups excluding carboxylic acids is 1. The maximum atomic E-state index is 12.9. The number of aryl methyl sites for hydroxylation is 1. The molecule has 0 atom stereocenters. The molecule has 1 amide bonds. The zero-order valence-electron chi connectivity index (χ0n) is 12.9. The molecule has 0 aliphatic heterocycles. The lowest BCUT2D eigenvalue weighted by Crippen LogP contribution is -2.50. The van der Waals surface area contributed by atoms with Crippen molar-refractivity contribution < 1.29 is 4.79 Å². The summed E-state index contributed by atoms with van der Waals surface area (Å²) in [6.07, 6.45) is 4.81.